The molecule has 0 bridgehead atoms. The van der Waals surface area contributed by atoms with Crippen LogP contribution in [0.2, 0.25) is 0 Å². The maximum atomic E-state index is 12.4. The van der Waals surface area contributed by atoms with Gasteiger partial charge in [-0.3, -0.25) is 9.97 Å². The molecule has 0 saturated heterocycles. The standard InChI is InChI=1S/C9H11F.C9H12.2C8H11N/c1-7(2)8-3-5-9(10)6-4-8;1-8(2)9-6-4-3-5-7-9;1-7(2)8-4-3-5-9-6-8;1-7(2)8-5-3-4-6-9-8/h3-7H,1-2H3;3-8H,1-2H3;2*3-7H,1-2H3. The van der Waals surface area contributed by atoms with E-state index in [1.807, 2.05) is 54.9 Å². The lowest BCUT2D eigenvalue weighted by Gasteiger charge is -2.02. The van der Waals surface area contributed by atoms with E-state index in [2.05, 4.69) is 95.7 Å². The van der Waals surface area contributed by atoms with Gasteiger partial charge in [0.25, 0.3) is 0 Å². The van der Waals surface area contributed by atoms with Crippen LogP contribution in [-0.2, 0) is 0 Å². The molecule has 0 N–H and O–H groups in total. The van der Waals surface area contributed by atoms with Gasteiger partial charge in [-0.05, 0) is 70.7 Å². The van der Waals surface area contributed by atoms with Gasteiger partial charge in [-0.25, -0.2) is 4.39 Å². The van der Waals surface area contributed by atoms with Gasteiger partial charge in [0.05, 0.1) is 0 Å². The lowest BCUT2D eigenvalue weighted by molar-refractivity contribution is 0.626. The first-order valence-corrected chi connectivity index (χ1v) is 13.2. The van der Waals surface area contributed by atoms with Gasteiger partial charge in [-0.15, -0.1) is 0 Å². The topological polar surface area (TPSA) is 25.8 Å². The first-order valence-electron chi connectivity index (χ1n) is 13.2. The minimum atomic E-state index is -0.163. The van der Waals surface area contributed by atoms with Crippen molar-refractivity contribution in [2.75, 3.05) is 0 Å². The summed E-state index contributed by atoms with van der Waals surface area (Å²) >= 11 is 0. The van der Waals surface area contributed by atoms with Crippen LogP contribution in [0.5, 0.6) is 0 Å². The summed E-state index contributed by atoms with van der Waals surface area (Å²) in [5.41, 5.74) is 5.06. The van der Waals surface area contributed by atoms with Crippen LogP contribution in [0.15, 0.2) is 104 Å². The molecule has 198 valence electrons. The van der Waals surface area contributed by atoms with Crippen molar-refractivity contribution in [2.24, 2.45) is 0 Å². The second kappa shape index (κ2) is 18.0. The predicted molar refractivity (Wildman–Crippen MR) is 158 cm³/mol. The number of hydrogen-bond acceptors (Lipinski definition) is 2. The number of pyridine rings is 2. The molecule has 4 rings (SSSR count). The average molecular weight is 501 g/mol. The van der Waals surface area contributed by atoms with E-state index in [-0.39, 0.29) is 5.82 Å². The molecule has 37 heavy (non-hydrogen) atoms. The molecule has 2 nitrogen and oxygen atoms in total. The third-order valence-corrected chi connectivity index (χ3v) is 5.63. The van der Waals surface area contributed by atoms with Gasteiger partial charge in [0.15, 0.2) is 0 Å². The van der Waals surface area contributed by atoms with Gasteiger partial charge in [0.1, 0.15) is 5.82 Å². The maximum absolute atomic E-state index is 12.4. The first-order chi connectivity index (χ1) is 17.6. The molecular weight excluding hydrogens is 455 g/mol. The van der Waals surface area contributed by atoms with E-state index >= 15 is 0 Å². The van der Waals surface area contributed by atoms with Crippen LogP contribution in [-0.4, -0.2) is 9.97 Å². The molecule has 0 radical (unpaired) electrons. The molecule has 2 aromatic heterocycles. The Hall–Kier alpha value is -3.33. The maximum Gasteiger partial charge on any atom is 0.123 e. The summed E-state index contributed by atoms with van der Waals surface area (Å²) in [7, 11) is 0. The predicted octanol–water partition coefficient (Wildman–Crippen LogP) is 10.2. The highest BCUT2D eigenvalue weighted by Crippen LogP contribution is 2.14. The van der Waals surface area contributed by atoms with E-state index in [0.717, 1.165) is 5.69 Å². The summed E-state index contributed by atoms with van der Waals surface area (Å²) in [6, 6.07) is 27.2. The van der Waals surface area contributed by atoms with Crippen LogP contribution >= 0.6 is 0 Å². The van der Waals surface area contributed by atoms with Crippen molar-refractivity contribution in [1.29, 1.82) is 0 Å². The number of nitrogens with zero attached hydrogens (tertiary/aromatic N) is 2. The monoisotopic (exact) mass is 500 g/mol. The van der Waals surface area contributed by atoms with E-state index in [0.29, 0.717) is 23.7 Å². The van der Waals surface area contributed by atoms with Crippen molar-refractivity contribution < 1.29 is 4.39 Å². The highest BCUT2D eigenvalue weighted by atomic mass is 19.1. The number of rotatable bonds is 4. The Morgan fingerprint density at radius 2 is 1.00 bits per heavy atom. The van der Waals surface area contributed by atoms with Gasteiger partial charge in [0.2, 0.25) is 0 Å². The number of hydrogen-bond donors (Lipinski definition) is 0. The molecule has 0 amide bonds. The van der Waals surface area contributed by atoms with Crippen molar-refractivity contribution in [3.05, 3.63) is 132 Å². The molecule has 0 saturated carbocycles. The molecule has 0 spiro atoms. The summed E-state index contributed by atoms with van der Waals surface area (Å²) in [5, 5.41) is 0. The molecule has 2 aromatic carbocycles. The molecule has 0 aliphatic heterocycles. The fourth-order valence-corrected chi connectivity index (χ4v) is 3.12. The molecule has 3 heteroatoms. The third kappa shape index (κ3) is 14.1. The summed E-state index contributed by atoms with van der Waals surface area (Å²) < 4.78 is 12.4. The quantitative estimate of drug-likeness (QED) is 0.278. The molecule has 0 unspecified atom stereocenters. The van der Waals surface area contributed by atoms with Gasteiger partial charge >= 0.3 is 0 Å². The van der Waals surface area contributed by atoms with Gasteiger partial charge in [-0.1, -0.05) is 110 Å². The minimum Gasteiger partial charge on any atom is -0.264 e. The molecule has 4 aromatic rings. The summed E-state index contributed by atoms with van der Waals surface area (Å²) in [4.78, 5) is 8.18. The highest BCUT2D eigenvalue weighted by molar-refractivity contribution is 5.19. The van der Waals surface area contributed by atoms with E-state index in [4.69, 9.17) is 0 Å². The number of benzene rings is 2. The summed E-state index contributed by atoms with van der Waals surface area (Å²) in [6.45, 7) is 17.2. The van der Waals surface area contributed by atoms with Crippen molar-refractivity contribution in [3.8, 4) is 0 Å². The smallest absolute Gasteiger partial charge is 0.123 e. The summed E-state index contributed by atoms with van der Waals surface area (Å²) in [6.07, 6.45) is 5.53. The summed E-state index contributed by atoms with van der Waals surface area (Å²) in [5.74, 6) is 2.13. The van der Waals surface area contributed by atoms with Crippen LogP contribution in [0.25, 0.3) is 0 Å². The fraction of sp³-hybridized carbons (Fsp3) is 0.353. The molecule has 0 fully saturated rings. The van der Waals surface area contributed by atoms with Gasteiger partial charge < -0.3 is 0 Å². The zero-order valence-electron chi connectivity index (χ0n) is 23.9. The highest BCUT2D eigenvalue weighted by Gasteiger charge is 1.97. The van der Waals surface area contributed by atoms with Crippen molar-refractivity contribution in [2.45, 2.75) is 79.1 Å². The van der Waals surface area contributed by atoms with Gasteiger partial charge in [0, 0.05) is 24.3 Å². The van der Waals surface area contributed by atoms with Crippen molar-refractivity contribution in [3.63, 3.8) is 0 Å². The second-order valence-corrected chi connectivity index (χ2v) is 10.1. The van der Waals surface area contributed by atoms with Crippen LogP contribution in [0.4, 0.5) is 4.39 Å². The zero-order valence-corrected chi connectivity index (χ0v) is 23.9. The molecule has 0 aliphatic rings. The van der Waals surface area contributed by atoms with E-state index in [1.54, 1.807) is 6.20 Å². The minimum absolute atomic E-state index is 0.163. The lowest BCUT2D eigenvalue weighted by atomic mass is 10.0. The number of halogens is 1. The average Bonchev–Trinajstić information content (AvgIpc) is 2.91. The Morgan fingerprint density at radius 3 is 1.35 bits per heavy atom. The Balaban J connectivity index is 0.000000247. The normalized spacial score (nSPS) is 10.2. The Kier molecular flexibility index (Phi) is 15.4. The Morgan fingerprint density at radius 1 is 0.486 bits per heavy atom. The van der Waals surface area contributed by atoms with Crippen LogP contribution in [0.1, 0.15) is 101 Å². The second-order valence-electron chi connectivity index (χ2n) is 10.1. The molecule has 0 aliphatic carbocycles. The largest absolute Gasteiger partial charge is 0.264 e. The van der Waals surface area contributed by atoms with Crippen LogP contribution < -0.4 is 0 Å². The van der Waals surface area contributed by atoms with Crippen molar-refractivity contribution in [1.82, 2.24) is 9.97 Å². The van der Waals surface area contributed by atoms with E-state index in [9.17, 15) is 4.39 Å². The molecule has 0 atom stereocenters. The zero-order chi connectivity index (χ0) is 27.6. The Bertz CT molecular complexity index is 956. The van der Waals surface area contributed by atoms with Gasteiger partial charge in [-0.2, -0.15) is 0 Å². The molecular formula is C34H45FN2. The SMILES string of the molecule is CC(C)c1ccc(F)cc1.CC(C)c1ccccc1.CC(C)c1ccccn1.CC(C)c1cccnc1. The van der Waals surface area contributed by atoms with Crippen molar-refractivity contribution >= 4 is 0 Å². The van der Waals surface area contributed by atoms with E-state index < -0.39 is 0 Å². The van der Waals surface area contributed by atoms with Crippen LogP contribution in [0, 0.1) is 5.82 Å². The van der Waals surface area contributed by atoms with E-state index in [1.165, 1.54) is 28.8 Å². The number of aromatic nitrogens is 2. The molecule has 2 heterocycles. The lowest BCUT2D eigenvalue weighted by Crippen LogP contribution is -1.88. The van der Waals surface area contributed by atoms with Crippen LogP contribution in [0.3, 0.4) is 0 Å². The Labute approximate surface area is 225 Å². The fourth-order valence-electron chi connectivity index (χ4n) is 3.12. The first kappa shape index (κ1) is 31.7. The third-order valence-electron chi connectivity index (χ3n) is 5.63.